The SMILES string of the molecule is CN(C)/C=N/c1ccn([C@H]2C=C[C@@H](COC(=O)c3ccccc3)O2)c(=O)n1. The van der Waals surface area contributed by atoms with Crippen LogP contribution in [0.2, 0.25) is 0 Å². The number of esters is 1. The number of hydrogen-bond donors (Lipinski definition) is 0. The van der Waals surface area contributed by atoms with Crippen molar-refractivity contribution in [3.8, 4) is 0 Å². The van der Waals surface area contributed by atoms with Crippen molar-refractivity contribution in [2.24, 2.45) is 4.99 Å². The molecule has 27 heavy (non-hydrogen) atoms. The molecule has 0 amide bonds. The van der Waals surface area contributed by atoms with Crippen LogP contribution in [0.1, 0.15) is 16.6 Å². The first-order valence-electron chi connectivity index (χ1n) is 8.39. The first-order chi connectivity index (χ1) is 13.0. The molecule has 0 radical (unpaired) electrons. The second-order valence-electron chi connectivity index (χ2n) is 6.10. The molecular formula is C19H20N4O4. The number of rotatable bonds is 6. The van der Waals surface area contributed by atoms with Gasteiger partial charge in [-0.25, -0.2) is 14.6 Å². The molecule has 0 saturated carbocycles. The van der Waals surface area contributed by atoms with Gasteiger partial charge >= 0.3 is 11.7 Å². The van der Waals surface area contributed by atoms with Crippen molar-refractivity contribution in [1.29, 1.82) is 0 Å². The second-order valence-corrected chi connectivity index (χ2v) is 6.10. The molecule has 0 saturated heterocycles. The summed E-state index contributed by atoms with van der Waals surface area (Å²) in [6, 6.07) is 10.4. The van der Waals surface area contributed by atoms with E-state index >= 15 is 0 Å². The van der Waals surface area contributed by atoms with E-state index in [1.165, 1.54) is 4.57 Å². The fourth-order valence-corrected chi connectivity index (χ4v) is 2.40. The molecule has 2 aromatic rings. The third-order valence-electron chi connectivity index (χ3n) is 3.70. The lowest BCUT2D eigenvalue weighted by Crippen LogP contribution is -2.28. The Balaban J connectivity index is 1.57. The van der Waals surface area contributed by atoms with Crippen LogP contribution < -0.4 is 5.69 Å². The van der Waals surface area contributed by atoms with Crippen molar-refractivity contribution in [3.63, 3.8) is 0 Å². The zero-order valence-corrected chi connectivity index (χ0v) is 15.1. The summed E-state index contributed by atoms with van der Waals surface area (Å²) in [5, 5.41) is 0. The molecule has 0 bridgehead atoms. The van der Waals surface area contributed by atoms with E-state index in [9.17, 15) is 9.59 Å². The van der Waals surface area contributed by atoms with Gasteiger partial charge in [-0.1, -0.05) is 24.3 Å². The highest BCUT2D eigenvalue weighted by atomic mass is 16.6. The standard InChI is InChI=1S/C19H20N4O4/c1-22(2)13-20-16-10-11-23(19(25)21-16)17-9-8-15(27-17)12-26-18(24)14-6-4-3-5-7-14/h3-11,13,15,17H,12H2,1-2H3/b20-13+/t15-,17+/m0/s1. The number of nitrogens with zero attached hydrogens (tertiary/aromatic N) is 4. The van der Waals surface area contributed by atoms with E-state index in [4.69, 9.17) is 9.47 Å². The van der Waals surface area contributed by atoms with Gasteiger partial charge in [0.1, 0.15) is 12.7 Å². The lowest BCUT2D eigenvalue weighted by molar-refractivity contribution is -0.0222. The van der Waals surface area contributed by atoms with Crippen molar-refractivity contribution in [1.82, 2.24) is 14.5 Å². The number of aromatic nitrogens is 2. The Labute approximate surface area is 156 Å². The van der Waals surface area contributed by atoms with Gasteiger partial charge < -0.3 is 14.4 Å². The summed E-state index contributed by atoms with van der Waals surface area (Å²) in [5.41, 5.74) is 0.00491. The monoisotopic (exact) mass is 368 g/mol. The summed E-state index contributed by atoms with van der Waals surface area (Å²) in [6.45, 7) is 0.0636. The van der Waals surface area contributed by atoms with Gasteiger partial charge in [0, 0.05) is 20.3 Å². The predicted octanol–water partition coefficient (Wildman–Crippen LogP) is 1.78. The Bertz CT molecular complexity index is 905. The van der Waals surface area contributed by atoms with Gasteiger partial charge in [-0.15, -0.1) is 0 Å². The molecule has 8 heteroatoms. The summed E-state index contributed by atoms with van der Waals surface area (Å²) in [6.07, 6.45) is 5.60. The second kappa shape index (κ2) is 8.41. The van der Waals surface area contributed by atoms with Gasteiger partial charge in [0.15, 0.2) is 12.0 Å². The highest BCUT2D eigenvalue weighted by Gasteiger charge is 2.23. The molecule has 0 fully saturated rings. The van der Waals surface area contributed by atoms with Crippen molar-refractivity contribution in [3.05, 3.63) is 70.8 Å². The quantitative estimate of drug-likeness (QED) is 0.334. The lowest BCUT2D eigenvalue weighted by Gasteiger charge is -2.16. The first kappa shape index (κ1) is 18.5. The van der Waals surface area contributed by atoms with E-state index in [-0.39, 0.29) is 6.61 Å². The first-order valence-corrected chi connectivity index (χ1v) is 8.39. The van der Waals surface area contributed by atoms with E-state index in [0.29, 0.717) is 11.4 Å². The van der Waals surface area contributed by atoms with Crippen LogP contribution in [0, 0.1) is 0 Å². The van der Waals surface area contributed by atoms with Crippen LogP contribution in [-0.4, -0.2) is 53.6 Å². The van der Waals surface area contributed by atoms with Crippen LogP contribution in [0.25, 0.3) is 0 Å². The summed E-state index contributed by atoms with van der Waals surface area (Å²) in [5.74, 6) is -0.0988. The number of aliphatic imine (C=N–C) groups is 1. The molecule has 2 atom stereocenters. The number of benzene rings is 1. The van der Waals surface area contributed by atoms with Gasteiger partial charge in [-0.3, -0.25) is 4.57 Å². The molecule has 1 aliphatic heterocycles. The summed E-state index contributed by atoms with van der Waals surface area (Å²) in [4.78, 5) is 33.9. The van der Waals surface area contributed by atoms with Gasteiger partial charge in [0.05, 0.1) is 11.9 Å². The van der Waals surface area contributed by atoms with Crippen LogP contribution >= 0.6 is 0 Å². The van der Waals surface area contributed by atoms with Crippen molar-refractivity contribution in [2.75, 3.05) is 20.7 Å². The van der Waals surface area contributed by atoms with Gasteiger partial charge in [-0.05, 0) is 24.3 Å². The van der Waals surface area contributed by atoms with Crippen molar-refractivity contribution < 1.29 is 14.3 Å². The van der Waals surface area contributed by atoms with E-state index in [1.807, 2.05) is 20.2 Å². The van der Waals surface area contributed by atoms with Crippen molar-refractivity contribution in [2.45, 2.75) is 12.3 Å². The summed E-state index contributed by atoms with van der Waals surface area (Å²) in [7, 11) is 3.65. The molecule has 0 spiro atoms. The van der Waals surface area contributed by atoms with Crippen molar-refractivity contribution >= 4 is 18.1 Å². The Morgan fingerprint density at radius 2 is 2.07 bits per heavy atom. The number of hydrogen-bond acceptors (Lipinski definition) is 6. The minimum atomic E-state index is -0.600. The van der Waals surface area contributed by atoms with E-state index in [0.717, 1.165) is 0 Å². The number of carbonyl (C=O) groups is 1. The molecule has 1 aliphatic rings. The third-order valence-corrected chi connectivity index (χ3v) is 3.70. The maximum absolute atomic E-state index is 12.2. The van der Waals surface area contributed by atoms with Gasteiger partial charge in [0.2, 0.25) is 0 Å². The molecule has 0 N–H and O–H groups in total. The zero-order chi connectivity index (χ0) is 19.2. The molecule has 1 aromatic heterocycles. The average Bonchev–Trinajstić information content (AvgIpc) is 3.14. The normalized spacial score (nSPS) is 18.7. The Morgan fingerprint density at radius 3 is 2.78 bits per heavy atom. The van der Waals surface area contributed by atoms with Gasteiger partial charge in [0.25, 0.3) is 0 Å². The highest BCUT2D eigenvalue weighted by Crippen LogP contribution is 2.20. The summed E-state index contributed by atoms with van der Waals surface area (Å²) >= 11 is 0. The highest BCUT2D eigenvalue weighted by molar-refractivity contribution is 5.89. The zero-order valence-electron chi connectivity index (χ0n) is 15.1. The Kier molecular flexibility index (Phi) is 5.77. The maximum Gasteiger partial charge on any atom is 0.351 e. The molecule has 0 aliphatic carbocycles. The number of ether oxygens (including phenoxy) is 2. The minimum Gasteiger partial charge on any atom is -0.459 e. The molecule has 140 valence electrons. The van der Waals surface area contributed by atoms with Crippen LogP contribution in [0.3, 0.4) is 0 Å². The smallest absolute Gasteiger partial charge is 0.351 e. The molecule has 3 rings (SSSR count). The average molecular weight is 368 g/mol. The predicted molar refractivity (Wildman–Crippen MR) is 100 cm³/mol. The lowest BCUT2D eigenvalue weighted by atomic mass is 10.2. The Hall–Kier alpha value is -3.26. The van der Waals surface area contributed by atoms with Crippen LogP contribution in [0.4, 0.5) is 5.82 Å². The molecule has 0 unspecified atom stereocenters. The largest absolute Gasteiger partial charge is 0.459 e. The topological polar surface area (TPSA) is 86.0 Å². The Morgan fingerprint density at radius 1 is 1.30 bits per heavy atom. The van der Waals surface area contributed by atoms with Gasteiger partial charge in [-0.2, -0.15) is 4.98 Å². The van der Waals surface area contributed by atoms with E-state index < -0.39 is 24.0 Å². The third kappa shape index (κ3) is 4.89. The maximum atomic E-state index is 12.2. The van der Waals surface area contributed by atoms with Crippen LogP contribution in [0.15, 0.2) is 64.5 Å². The fourth-order valence-electron chi connectivity index (χ4n) is 2.40. The number of carbonyl (C=O) groups excluding carboxylic acids is 1. The molecule has 2 heterocycles. The summed E-state index contributed by atoms with van der Waals surface area (Å²) < 4.78 is 12.3. The molecule has 1 aromatic carbocycles. The van der Waals surface area contributed by atoms with Crippen LogP contribution in [0.5, 0.6) is 0 Å². The van der Waals surface area contributed by atoms with E-state index in [2.05, 4.69) is 9.98 Å². The molecular weight excluding hydrogens is 348 g/mol. The van der Waals surface area contributed by atoms with E-state index in [1.54, 1.807) is 59.9 Å². The fraction of sp³-hybridized carbons (Fsp3) is 0.263. The molecule has 8 nitrogen and oxygen atoms in total. The van der Waals surface area contributed by atoms with Crippen LogP contribution in [-0.2, 0) is 9.47 Å². The minimum absolute atomic E-state index is 0.0636.